The molecule has 1 atom stereocenters. The number of Topliss-reactive ketones (excluding diaryl/α,β-unsaturated/α-hetero) is 2. The first-order valence-corrected chi connectivity index (χ1v) is 9.24. The number of aliphatic hydroxyl groups is 1. The molecule has 0 aliphatic carbocycles. The van der Waals surface area contributed by atoms with Crippen LogP contribution in [-0.2, 0) is 5.60 Å². The minimum absolute atomic E-state index is 0.0107. The maximum Gasteiger partial charge on any atom is 0.168 e. The van der Waals surface area contributed by atoms with Crippen molar-refractivity contribution in [1.82, 2.24) is 0 Å². The zero-order valence-corrected chi connectivity index (χ0v) is 15.8. The van der Waals surface area contributed by atoms with Crippen molar-refractivity contribution >= 4 is 28.6 Å². The Morgan fingerprint density at radius 1 is 0.893 bits per heavy atom. The zero-order valence-electron chi connectivity index (χ0n) is 15.8. The summed E-state index contributed by atoms with van der Waals surface area (Å²) in [6.07, 6.45) is -0.0107. The van der Waals surface area contributed by atoms with Gasteiger partial charge in [0.2, 0.25) is 0 Å². The number of rotatable bonds is 2. The molecular weight excluding hydrogens is 350 g/mol. The second-order valence-corrected chi connectivity index (χ2v) is 7.32. The predicted molar refractivity (Wildman–Crippen MR) is 110 cm³/mol. The summed E-state index contributed by atoms with van der Waals surface area (Å²) < 4.78 is 0. The Morgan fingerprint density at radius 3 is 2.18 bits per heavy atom. The monoisotopic (exact) mass is 371 g/mol. The van der Waals surface area contributed by atoms with Gasteiger partial charge in [-0.05, 0) is 44.2 Å². The third kappa shape index (κ3) is 2.92. The molecule has 4 heteroatoms. The van der Waals surface area contributed by atoms with Gasteiger partial charge in [-0.25, -0.2) is 0 Å². The van der Waals surface area contributed by atoms with Crippen molar-refractivity contribution in [1.29, 1.82) is 0 Å². The van der Waals surface area contributed by atoms with Gasteiger partial charge in [-0.15, -0.1) is 0 Å². The number of nitrogens with zero attached hydrogens (tertiary/aromatic N) is 1. The molecule has 1 unspecified atom stereocenters. The number of para-hydroxylation sites is 3. The molecule has 0 saturated heterocycles. The Labute approximate surface area is 164 Å². The molecule has 3 aromatic carbocycles. The normalized spacial score (nSPS) is 18.7. The number of benzene rings is 3. The Hall–Kier alpha value is -3.24. The van der Waals surface area contributed by atoms with Gasteiger partial charge in [-0.1, -0.05) is 42.5 Å². The lowest BCUT2D eigenvalue weighted by Crippen LogP contribution is -2.31. The van der Waals surface area contributed by atoms with E-state index in [1.807, 2.05) is 65.6 Å². The number of fused-ring (bicyclic) bond motifs is 2. The molecule has 1 aliphatic heterocycles. The lowest BCUT2D eigenvalue weighted by Gasteiger charge is -2.36. The number of carbonyl (C=O) groups is 2. The van der Waals surface area contributed by atoms with Crippen molar-refractivity contribution in [3.63, 3.8) is 0 Å². The molecule has 0 radical (unpaired) electrons. The van der Waals surface area contributed by atoms with Crippen molar-refractivity contribution in [2.75, 3.05) is 4.90 Å². The molecule has 1 aliphatic rings. The van der Waals surface area contributed by atoms with E-state index in [0.717, 1.165) is 5.69 Å². The first-order valence-electron chi connectivity index (χ1n) is 9.24. The van der Waals surface area contributed by atoms with Crippen LogP contribution in [0.15, 0.2) is 72.8 Å². The highest BCUT2D eigenvalue weighted by Gasteiger charge is 2.36. The number of anilines is 3. The van der Waals surface area contributed by atoms with Gasteiger partial charge < -0.3 is 10.0 Å². The van der Waals surface area contributed by atoms with E-state index in [2.05, 4.69) is 0 Å². The van der Waals surface area contributed by atoms with E-state index in [1.165, 1.54) is 6.92 Å². The van der Waals surface area contributed by atoms with E-state index in [-0.39, 0.29) is 18.0 Å². The summed E-state index contributed by atoms with van der Waals surface area (Å²) >= 11 is 0. The van der Waals surface area contributed by atoms with Crippen LogP contribution in [0.3, 0.4) is 0 Å². The van der Waals surface area contributed by atoms with E-state index in [0.29, 0.717) is 28.1 Å². The fraction of sp³-hybridized carbons (Fsp3) is 0.167. The molecule has 0 fully saturated rings. The predicted octanol–water partition coefficient (Wildman–Crippen LogP) is 5.15. The Balaban J connectivity index is 2.11. The molecular formula is C24H21NO3. The minimum atomic E-state index is -1.33. The van der Waals surface area contributed by atoms with Gasteiger partial charge in [0.1, 0.15) is 0 Å². The third-order valence-electron chi connectivity index (χ3n) is 5.20. The summed E-state index contributed by atoms with van der Waals surface area (Å²) in [6, 6.07) is 22.2. The van der Waals surface area contributed by atoms with E-state index in [4.69, 9.17) is 0 Å². The van der Waals surface area contributed by atoms with Crippen LogP contribution >= 0.6 is 0 Å². The summed E-state index contributed by atoms with van der Waals surface area (Å²) in [5, 5.41) is 11.2. The lowest BCUT2D eigenvalue weighted by atomic mass is 9.84. The van der Waals surface area contributed by atoms with Gasteiger partial charge in [0, 0.05) is 23.1 Å². The van der Waals surface area contributed by atoms with E-state index in [1.54, 1.807) is 19.1 Å². The molecule has 0 bridgehead atoms. The van der Waals surface area contributed by atoms with Crippen molar-refractivity contribution in [2.45, 2.75) is 25.9 Å². The summed E-state index contributed by atoms with van der Waals surface area (Å²) in [4.78, 5) is 27.3. The molecule has 0 aromatic heterocycles. The van der Waals surface area contributed by atoms with Crippen LogP contribution in [0.1, 0.15) is 46.5 Å². The first-order chi connectivity index (χ1) is 13.4. The SMILES string of the molecule is CC(=O)c1ccccc1N1c2ccccc2C(=O)CC(C)(O)c2ccccc21. The Kier molecular flexibility index (Phi) is 4.36. The van der Waals surface area contributed by atoms with Crippen LogP contribution in [0.25, 0.3) is 0 Å². The van der Waals surface area contributed by atoms with Crippen LogP contribution in [0.2, 0.25) is 0 Å². The van der Waals surface area contributed by atoms with E-state index < -0.39 is 5.60 Å². The van der Waals surface area contributed by atoms with Gasteiger partial charge in [0.25, 0.3) is 0 Å². The van der Waals surface area contributed by atoms with Crippen LogP contribution in [0, 0.1) is 0 Å². The van der Waals surface area contributed by atoms with Crippen molar-refractivity contribution in [3.05, 3.63) is 89.5 Å². The molecule has 0 saturated carbocycles. The second kappa shape index (κ2) is 6.73. The number of ketones is 2. The smallest absolute Gasteiger partial charge is 0.168 e. The van der Waals surface area contributed by atoms with Crippen molar-refractivity contribution in [2.24, 2.45) is 0 Å². The highest BCUT2D eigenvalue weighted by Crippen LogP contribution is 2.46. The summed E-state index contributed by atoms with van der Waals surface area (Å²) in [5.74, 6) is -0.203. The molecule has 28 heavy (non-hydrogen) atoms. The van der Waals surface area contributed by atoms with Crippen LogP contribution in [0.5, 0.6) is 0 Å². The summed E-state index contributed by atoms with van der Waals surface area (Å²) in [7, 11) is 0. The van der Waals surface area contributed by atoms with Crippen molar-refractivity contribution in [3.8, 4) is 0 Å². The maximum atomic E-state index is 13.0. The number of hydrogen-bond donors (Lipinski definition) is 1. The molecule has 1 N–H and O–H groups in total. The fourth-order valence-corrected chi connectivity index (χ4v) is 3.89. The minimum Gasteiger partial charge on any atom is -0.385 e. The average Bonchev–Trinajstić information content (AvgIpc) is 2.68. The van der Waals surface area contributed by atoms with Crippen molar-refractivity contribution < 1.29 is 14.7 Å². The molecule has 0 amide bonds. The van der Waals surface area contributed by atoms with Crippen LogP contribution in [-0.4, -0.2) is 16.7 Å². The van der Waals surface area contributed by atoms with Gasteiger partial charge in [0.15, 0.2) is 11.6 Å². The molecule has 4 nitrogen and oxygen atoms in total. The zero-order chi connectivity index (χ0) is 19.9. The number of hydrogen-bond acceptors (Lipinski definition) is 4. The summed E-state index contributed by atoms with van der Waals surface area (Å²) in [5.41, 5.74) is 2.53. The van der Waals surface area contributed by atoms with Crippen LogP contribution < -0.4 is 4.90 Å². The van der Waals surface area contributed by atoms with E-state index in [9.17, 15) is 14.7 Å². The van der Waals surface area contributed by atoms with E-state index >= 15 is 0 Å². The highest BCUT2D eigenvalue weighted by atomic mass is 16.3. The molecule has 0 spiro atoms. The molecule has 140 valence electrons. The first kappa shape index (κ1) is 18.1. The highest BCUT2D eigenvalue weighted by molar-refractivity contribution is 6.07. The molecule has 3 aromatic rings. The Bertz CT molecular complexity index is 1070. The largest absolute Gasteiger partial charge is 0.385 e. The average molecular weight is 371 g/mol. The third-order valence-corrected chi connectivity index (χ3v) is 5.20. The lowest BCUT2D eigenvalue weighted by molar-refractivity contribution is 0.0433. The van der Waals surface area contributed by atoms with Gasteiger partial charge in [-0.2, -0.15) is 0 Å². The fourth-order valence-electron chi connectivity index (χ4n) is 3.89. The molecule has 4 rings (SSSR count). The van der Waals surface area contributed by atoms with Crippen LogP contribution in [0.4, 0.5) is 17.1 Å². The topological polar surface area (TPSA) is 57.6 Å². The standard InChI is InChI=1S/C24H21NO3/c1-16(26)17-9-3-6-12-20(17)25-21-13-7-4-10-18(21)23(27)15-24(2,28)19-11-5-8-14-22(19)25/h3-14,28H,15H2,1-2H3. The second-order valence-electron chi connectivity index (χ2n) is 7.32. The maximum absolute atomic E-state index is 13.0. The van der Waals surface area contributed by atoms with Gasteiger partial charge in [-0.3, -0.25) is 9.59 Å². The van der Waals surface area contributed by atoms with Gasteiger partial charge >= 0.3 is 0 Å². The molecule has 1 heterocycles. The Morgan fingerprint density at radius 2 is 1.46 bits per heavy atom. The number of carbonyl (C=O) groups excluding carboxylic acids is 2. The quantitative estimate of drug-likeness (QED) is 0.633. The summed E-state index contributed by atoms with van der Waals surface area (Å²) in [6.45, 7) is 3.19. The van der Waals surface area contributed by atoms with Gasteiger partial charge in [0.05, 0.1) is 22.7 Å².